The molecule has 0 saturated carbocycles. The molecule has 2 aliphatic rings. The summed E-state index contributed by atoms with van der Waals surface area (Å²) in [6.07, 6.45) is 0.294. The molecule has 2 rings (SSSR count). The van der Waals surface area contributed by atoms with Crippen molar-refractivity contribution in [2.45, 2.75) is 45.1 Å². The van der Waals surface area contributed by atoms with E-state index in [2.05, 4.69) is 0 Å². The lowest BCUT2D eigenvalue weighted by atomic mass is 9.79. The average Bonchev–Trinajstić information content (AvgIpc) is 1.99. The normalized spacial score (nSPS) is 37.4. The highest BCUT2D eigenvalue weighted by Crippen LogP contribution is 2.41. The molecular weight excluding hydrogens is 182 g/mol. The Balaban J connectivity index is 2.17. The van der Waals surface area contributed by atoms with Crippen molar-refractivity contribution in [3.05, 3.63) is 0 Å². The van der Waals surface area contributed by atoms with Crippen LogP contribution in [0.5, 0.6) is 0 Å². The Morgan fingerprint density at radius 1 is 1.64 bits per heavy atom. The number of carbonyl (C=O) groups is 1. The van der Waals surface area contributed by atoms with E-state index in [1.54, 1.807) is 11.8 Å². The molecule has 1 amide bonds. The highest BCUT2D eigenvalue weighted by atomic mass is 16.5. The van der Waals surface area contributed by atoms with Gasteiger partial charge in [-0.15, -0.1) is 0 Å². The zero-order valence-electron chi connectivity index (χ0n) is 8.86. The SMILES string of the molecule is CC(O)[C@H]1C(=O)N2[C@@H]1CCOC2(C)C. The van der Waals surface area contributed by atoms with Crippen LogP contribution in [0.25, 0.3) is 0 Å². The second kappa shape index (κ2) is 2.94. The molecule has 1 unspecified atom stereocenters. The van der Waals surface area contributed by atoms with Crippen molar-refractivity contribution in [3.63, 3.8) is 0 Å². The predicted molar refractivity (Wildman–Crippen MR) is 50.5 cm³/mol. The van der Waals surface area contributed by atoms with Crippen LogP contribution in [0, 0.1) is 5.92 Å². The molecule has 1 N–H and O–H groups in total. The van der Waals surface area contributed by atoms with E-state index in [1.165, 1.54) is 0 Å². The summed E-state index contributed by atoms with van der Waals surface area (Å²) in [5.74, 6) is -0.187. The number of aliphatic hydroxyl groups excluding tert-OH is 1. The van der Waals surface area contributed by atoms with Crippen LogP contribution in [0.1, 0.15) is 27.2 Å². The van der Waals surface area contributed by atoms with E-state index in [0.29, 0.717) is 6.61 Å². The Hall–Kier alpha value is -0.610. The van der Waals surface area contributed by atoms with Gasteiger partial charge in [0.25, 0.3) is 0 Å². The number of fused-ring (bicyclic) bond motifs is 1. The summed E-state index contributed by atoms with van der Waals surface area (Å²) in [5.41, 5.74) is -0.495. The zero-order chi connectivity index (χ0) is 10.5. The number of nitrogens with zero attached hydrogens (tertiary/aromatic N) is 1. The fourth-order valence-electron chi connectivity index (χ4n) is 2.57. The third-order valence-corrected chi connectivity index (χ3v) is 3.24. The molecule has 0 aromatic carbocycles. The number of β-lactam (4-membered cyclic amide) rings is 1. The molecule has 2 saturated heterocycles. The topological polar surface area (TPSA) is 49.8 Å². The molecule has 0 aromatic rings. The van der Waals surface area contributed by atoms with E-state index in [9.17, 15) is 9.90 Å². The maximum absolute atomic E-state index is 11.7. The van der Waals surface area contributed by atoms with Gasteiger partial charge in [-0.1, -0.05) is 0 Å². The minimum Gasteiger partial charge on any atom is -0.393 e. The van der Waals surface area contributed by atoms with Gasteiger partial charge in [-0.25, -0.2) is 0 Å². The molecule has 3 atom stereocenters. The van der Waals surface area contributed by atoms with Crippen LogP contribution in [0.15, 0.2) is 0 Å². The van der Waals surface area contributed by atoms with Gasteiger partial charge in [0.2, 0.25) is 5.91 Å². The minimum absolute atomic E-state index is 0.0229. The van der Waals surface area contributed by atoms with E-state index >= 15 is 0 Å². The summed E-state index contributed by atoms with van der Waals surface area (Å²) in [6.45, 7) is 6.15. The second-order valence-electron chi connectivity index (χ2n) is 4.63. The Morgan fingerprint density at radius 3 is 2.86 bits per heavy atom. The first-order chi connectivity index (χ1) is 6.45. The van der Waals surface area contributed by atoms with E-state index in [1.807, 2.05) is 13.8 Å². The molecule has 0 aromatic heterocycles. The van der Waals surface area contributed by atoms with Gasteiger partial charge < -0.3 is 14.7 Å². The lowest BCUT2D eigenvalue weighted by Crippen LogP contribution is -2.73. The van der Waals surface area contributed by atoms with Crippen LogP contribution in [0.2, 0.25) is 0 Å². The summed E-state index contributed by atoms with van der Waals surface area (Å²) in [7, 11) is 0. The largest absolute Gasteiger partial charge is 0.393 e. The summed E-state index contributed by atoms with van der Waals surface area (Å²) in [4.78, 5) is 13.5. The van der Waals surface area contributed by atoms with Gasteiger partial charge in [0, 0.05) is 0 Å². The van der Waals surface area contributed by atoms with Gasteiger partial charge in [-0.3, -0.25) is 4.79 Å². The Morgan fingerprint density at radius 2 is 2.29 bits per heavy atom. The highest BCUT2D eigenvalue weighted by molar-refractivity contribution is 5.87. The molecule has 4 nitrogen and oxygen atoms in total. The Bertz CT molecular complexity index is 262. The van der Waals surface area contributed by atoms with Crippen molar-refractivity contribution in [2.75, 3.05) is 6.61 Å². The molecule has 0 aliphatic carbocycles. The second-order valence-corrected chi connectivity index (χ2v) is 4.63. The molecule has 2 heterocycles. The number of aliphatic hydroxyl groups is 1. The predicted octanol–water partition coefficient (Wildman–Crippen LogP) is 0.351. The summed E-state index contributed by atoms with van der Waals surface area (Å²) >= 11 is 0. The van der Waals surface area contributed by atoms with E-state index in [4.69, 9.17) is 4.74 Å². The van der Waals surface area contributed by atoms with E-state index < -0.39 is 11.8 Å². The fraction of sp³-hybridized carbons (Fsp3) is 0.900. The number of rotatable bonds is 1. The first-order valence-electron chi connectivity index (χ1n) is 5.10. The minimum atomic E-state index is -0.544. The lowest BCUT2D eigenvalue weighted by Gasteiger charge is -2.58. The van der Waals surface area contributed by atoms with Crippen molar-refractivity contribution in [3.8, 4) is 0 Å². The lowest BCUT2D eigenvalue weighted by molar-refractivity contribution is -0.240. The van der Waals surface area contributed by atoms with Gasteiger partial charge in [0.1, 0.15) is 5.72 Å². The summed E-state index contributed by atoms with van der Waals surface area (Å²) in [5, 5.41) is 9.46. The first-order valence-corrected chi connectivity index (χ1v) is 5.10. The van der Waals surface area contributed by atoms with Crippen molar-refractivity contribution in [1.29, 1.82) is 0 Å². The van der Waals surface area contributed by atoms with Gasteiger partial charge in [0.15, 0.2) is 0 Å². The van der Waals surface area contributed by atoms with Crippen LogP contribution in [0.3, 0.4) is 0 Å². The number of carbonyl (C=O) groups excluding carboxylic acids is 1. The van der Waals surface area contributed by atoms with Crippen molar-refractivity contribution in [1.82, 2.24) is 4.90 Å². The van der Waals surface area contributed by atoms with Crippen LogP contribution in [0.4, 0.5) is 0 Å². The Labute approximate surface area is 83.8 Å². The molecule has 0 bridgehead atoms. The maximum atomic E-state index is 11.7. The van der Waals surface area contributed by atoms with E-state index in [0.717, 1.165) is 6.42 Å². The molecule has 2 fully saturated rings. The van der Waals surface area contributed by atoms with Crippen LogP contribution >= 0.6 is 0 Å². The van der Waals surface area contributed by atoms with Gasteiger partial charge in [0.05, 0.1) is 24.7 Å². The van der Waals surface area contributed by atoms with Crippen molar-refractivity contribution >= 4 is 5.91 Å². The quantitative estimate of drug-likeness (QED) is 0.620. The van der Waals surface area contributed by atoms with Gasteiger partial charge in [-0.2, -0.15) is 0 Å². The molecule has 14 heavy (non-hydrogen) atoms. The number of hydrogen-bond acceptors (Lipinski definition) is 3. The molecule has 2 aliphatic heterocycles. The molecular formula is C10H17NO3. The first kappa shape index (κ1) is 9.93. The molecule has 4 heteroatoms. The molecule has 0 radical (unpaired) electrons. The van der Waals surface area contributed by atoms with Crippen LogP contribution < -0.4 is 0 Å². The number of hydrogen-bond donors (Lipinski definition) is 1. The van der Waals surface area contributed by atoms with Crippen LogP contribution in [-0.4, -0.2) is 40.4 Å². The van der Waals surface area contributed by atoms with Crippen molar-refractivity contribution < 1.29 is 14.6 Å². The third-order valence-electron chi connectivity index (χ3n) is 3.24. The van der Waals surface area contributed by atoms with Crippen molar-refractivity contribution in [2.24, 2.45) is 5.92 Å². The van der Waals surface area contributed by atoms with Gasteiger partial charge in [-0.05, 0) is 27.2 Å². The monoisotopic (exact) mass is 199 g/mol. The third kappa shape index (κ3) is 1.17. The average molecular weight is 199 g/mol. The highest BCUT2D eigenvalue weighted by Gasteiger charge is 2.56. The fourth-order valence-corrected chi connectivity index (χ4v) is 2.57. The molecule has 80 valence electrons. The molecule has 0 spiro atoms. The van der Waals surface area contributed by atoms with Gasteiger partial charge >= 0.3 is 0 Å². The van der Waals surface area contributed by atoms with Crippen LogP contribution in [-0.2, 0) is 9.53 Å². The smallest absolute Gasteiger partial charge is 0.232 e. The Kier molecular flexibility index (Phi) is 2.08. The number of amides is 1. The summed E-state index contributed by atoms with van der Waals surface area (Å²) in [6, 6.07) is 0.172. The standard InChI is InChI=1S/C10H17NO3/c1-6(12)8-7-4-5-14-10(2,3)11(7)9(8)13/h6-8,12H,4-5H2,1-3H3/t6?,7-,8-/m1/s1. The number of ether oxygens (including phenoxy) is 1. The zero-order valence-corrected chi connectivity index (χ0v) is 8.86. The summed E-state index contributed by atoms with van der Waals surface area (Å²) < 4.78 is 5.52. The van der Waals surface area contributed by atoms with E-state index in [-0.39, 0.29) is 17.9 Å². The maximum Gasteiger partial charge on any atom is 0.232 e.